The summed E-state index contributed by atoms with van der Waals surface area (Å²) in [7, 11) is -3.77. The number of amides is 1. The monoisotopic (exact) mass is 437 g/mol. The lowest BCUT2D eigenvalue weighted by Gasteiger charge is -2.13. The highest BCUT2D eigenvalue weighted by Gasteiger charge is 2.15. The van der Waals surface area contributed by atoms with E-state index < -0.39 is 20.9 Å². The number of carbonyl (C=O) groups excluding carboxylic acids is 1. The van der Waals surface area contributed by atoms with Crippen LogP contribution in [0.4, 0.5) is 11.4 Å². The molecule has 3 aromatic rings. The normalized spacial score (nSPS) is 11.2. The summed E-state index contributed by atoms with van der Waals surface area (Å²) in [4.78, 5) is 22.8. The molecular weight excluding hydrogens is 418 g/mol. The number of benzene rings is 3. The Labute approximate surface area is 179 Å². The van der Waals surface area contributed by atoms with E-state index in [2.05, 4.69) is 10.0 Å². The summed E-state index contributed by atoms with van der Waals surface area (Å²) in [6.07, 6.45) is 2.55. The Hall–Kier alpha value is -3.98. The number of carbonyl (C=O) groups is 1. The highest BCUT2D eigenvalue weighted by molar-refractivity contribution is 7.92. The van der Waals surface area contributed by atoms with Gasteiger partial charge in [0.1, 0.15) is 0 Å². The van der Waals surface area contributed by atoms with Crippen LogP contribution in [0.2, 0.25) is 0 Å². The zero-order valence-electron chi connectivity index (χ0n) is 16.3. The first-order chi connectivity index (χ1) is 14.9. The minimum Gasteiger partial charge on any atom is -0.348 e. The zero-order chi connectivity index (χ0) is 22.3. The first kappa shape index (κ1) is 21.7. The predicted octanol–water partition coefficient (Wildman–Crippen LogP) is 3.73. The maximum atomic E-state index is 12.6. The molecule has 3 rings (SSSR count). The van der Waals surface area contributed by atoms with Gasteiger partial charge >= 0.3 is 0 Å². The summed E-state index contributed by atoms with van der Waals surface area (Å²) in [6.45, 7) is 0.0630. The van der Waals surface area contributed by atoms with Gasteiger partial charge in [0.2, 0.25) is 5.91 Å². The molecule has 0 unspecified atom stereocenters. The Bertz CT molecular complexity index is 1220. The molecule has 31 heavy (non-hydrogen) atoms. The summed E-state index contributed by atoms with van der Waals surface area (Å²) >= 11 is 0. The molecule has 8 nitrogen and oxygen atoms in total. The number of nitro groups is 1. The molecule has 158 valence electrons. The Morgan fingerprint density at radius 1 is 0.935 bits per heavy atom. The molecular formula is C22H19N3O5S. The zero-order valence-corrected chi connectivity index (χ0v) is 17.1. The van der Waals surface area contributed by atoms with Gasteiger partial charge in [-0.1, -0.05) is 48.5 Å². The first-order valence-corrected chi connectivity index (χ1v) is 10.7. The summed E-state index contributed by atoms with van der Waals surface area (Å²) < 4.78 is 27.7. The quantitative estimate of drug-likeness (QED) is 0.316. The summed E-state index contributed by atoms with van der Waals surface area (Å²) in [5, 5.41) is 13.7. The number of para-hydroxylation sites is 2. The number of sulfonamides is 1. The van der Waals surface area contributed by atoms with Crippen molar-refractivity contribution in [3.63, 3.8) is 0 Å². The van der Waals surface area contributed by atoms with Crippen molar-refractivity contribution < 1.29 is 18.1 Å². The van der Waals surface area contributed by atoms with Crippen LogP contribution < -0.4 is 10.0 Å². The maximum Gasteiger partial charge on any atom is 0.276 e. The molecule has 0 saturated heterocycles. The SMILES string of the molecule is O=C(/C=C/c1ccccc1[N+](=O)[O-])NCc1ccccc1NS(=O)(=O)c1ccccc1. The molecule has 0 spiro atoms. The van der Waals surface area contributed by atoms with Gasteiger partial charge < -0.3 is 5.32 Å². The number of nitrogens with zero attached hydrogens (tertiary/aromatic N) is 1. The Morgan fingerprint density at radius 2 is 1.58 bits per heavy atom. The van der Waals surface area contributed by atoms with Crippen LogP contribution in [0.15, 0.2) is 89.8 Å². The van der Waals surface area contributed by atoms with E-state index in [1.54, 1.807) is 54.6 Å². The molecule has 0 bridgehead atoms. The molecule has 3 aromatic carbocycles. The average Bonchev–Trinajstić information content (AvgIpc) is 2.77. The van der Waals surface area contributed by atoms with E-state index in [9.17, 15) is 23.3 Å². The van der Waals surface area contributed by atoms with Crippen molar-refractivity contribution in [3.05, 3.63) is 106 Å². The Balaban J connectivity index is 1.69. The number of nitro benzene ring substituents is 1. The topological polar surface area (TPSA) is 118 Å². The molecule has 0 saturated carbocycles. The average molecular weight is 437 g/mol. The first-order valence-electron chi connectivity index (χ1n) is 9.22. The summed E-state index contributed by atoms with van der Waals surface area (Å²) in [5.41, 5.74) is 1.11. The van der Waals surface area contributed by atoms with E-state index in [0.29, 0.717) is 16.8 Å². The van der Waals surface area contributed by atoms with E-state index >= 15 is 0 Å². The van der Waals surface area contributed by atoms with Crippen LogP contribution in [-0.4, -0.2) is 19.2 Å². The lowest BCUT2D eigenvalue weighted by atomic mass is 10.1. The van der Waals surface area contributed by atoms with Crippen LogP contribution in [0.25, 0.3) is 6.08 Å². The molecule has 1 amide bonds. The molecule has 0 heterocycles. The van der Waals surface area contributed by atoms with Crippen LogP contribution in [0.5, 0.6) is 0 Å². The fourth-order valence-electron chi connectivity index (χ4n) is 2.78. The van der Waals surface area contributed by atoms with Crippen molar-refractivity contribution in [1.29, 1.82) is 0 Å². The van der Waals surface area contributed by atoms with Gasteiger partial charge in [-0.15, -0.1) is 0 Å². The van der Waals surface area contributed by atoms with Crippen molar-refractivity contribution in [2.45, 2.75) is 11.4 Å². The minimum atomic E-state index is -3.77. The highest BCUT2D eigenvalue weighted by atomic mass is 32.2. The van der Waals surface area contributed by atoms with E-state index in [0.717, 1.165) is 0 Å². The Kier molecular flexibility index (Phi) is 6.78. The summed E-state index contributed by atoms with van der Waals surface area (Å²) in [5.74, 6) is -0.473. The molecule has 9 heteroatoms. The number of hydrogen-bond donors (Lipinski definition) is 2. The van der Waals surface area contributed by atoms with Gasteiger partial charge in [-0.3, -0.25) is 19.6 Å². The van der Waals surface area contributed by atoms with Gasteiger partial charge in [0.15, 0.2) is 0 Å². The number of rotatable bonds is 8. The second kappa shape index (κ2) is 9.68. The second-order valence-corrected chi connectivity index (χ2v) is 8.13. The van der Waals surface area contributed by atoms with Crippen molar-refractivity contribution in [3.8, 4) is 0 Å². The number of nitrogens with one attached hydrogen (secondary N) is 2. The lowest BCUT2D eigenvalue weighted by molar-refractivity contribution is -0.385. The molecule has 0 fully saturated rings. The highest BCUT2D eigenvalue weighted by Crippen LogP contribution is 2.21. The fraction of sp³-hybridized carbons (Fsp3) is 0.0455. The molecule has 0 radical (unpaired) electrons. The van der Waals surface area contributed by atoms with Crippen LogP contribution in [0, 0.1) is 10.1 Å². The third-order valence-corrected chi connectivity index (χ3v) is 5.70. The molecule has 0 aromatic heterocycles. The fourth-order valence-corrected chi connectivity index (χ4v) is 3.90. The third kappa shape index (κ3) is 5.77. The van der Waals surface area contributed by atoms with Gasteiger partial charge in [-0.05, 0) is 35.9 Å². The number of anilines is 1. The van der Waals surface area contributed by atoms with E-state index in [1.807, 2.05) is 0 Å². The maximum absolute atomic E-state index is 12.6. The van der Waals surface area contributed by atoms with Crippen molar-refractivity contribution >= 4 is 33.4 Å². The molecule has 0 aliphatic heterocycles. The number of hydrogen-bond acceptors (Lipinski definition) is 5. The third-order valence-electron chi connectivity index (χ3n) is 4.32. The van der Waals surface area contributed by atoms with E-state index in [1.165, 1.54) is 36.4 Å². The molecule has 0 aliphatic rings. The van der Waals surface area contributed by atoms with Gasteiger partial charge in [-0.2, -0.15) is 0 Å². The van der Waals surface area contributed by atoms with Crippen molar-refractivity contribution in [2.24, 2.45) is 0 Å². The molecule has 0 atom stereocenters. The van der Waals surface area contributed by atoms with Crippen LogP contribution in [0.3, 0.4) is 0 Å². The predicted molar refractivity (Wildman–Crippen MR) is 118 cm³/mol. The standard InChI is InChI=1S/C22H19N3O5S/c26-22(15-14-17-8-5-7-13-21(17)25(27)28)23-16-18-9-4-6-12-20(18)24-31(29,30)19-10-2-1-3-11-19/h1-15,24H,16H2,(H,23,26)/b15-14+. The largest absolute Gasteiger partial charge is 0.348 e. The second-order valence-electron chi connectivity index (χ2n) is 6.44. The van der Waals surface area contributed by atoms with E-state index in [4.69, 9.17) is 0 Å². The van der Waals surface area contributed by atoms with Gasteiger partial charge in [0.05, 0.1) is 21.1 Å². The molecule has 0 aliphatic carbocycles. The van der Waals surface area contributed by atoms with Crippen LogP contribution in [0.1, 0.15) is 11.1 Å². The van der Waals surface area contributed by atoms with Gasteiger partial charge in [0, 0.05) is 18.7 Å². The summed E-state index contributed by atoms with van der Waals surface area (Å²) in [6, 6.07) is 20.7. The Morgan fingerprint density at radius 3 is 2.32 bits per heavy atom. The lowest BCUT2D eigenvalue weighted by Crippen LogP contribution is -2.22. The molecule has 2 N–H and O–H groups in total. The minimum absolute atomic E-state index is 0.0630. The van der Waals surface area contributed by atoms with Crippen LogP contribution in [-0.2, 0) is 21.4 Å². The van der Waals surface area contributed by atoms with Crippen LogP contribution >= 0.6 is 0 Å². The van der Waals surface area contributed by atoms with Crippen molar-refractivity contribution in [1.82, 2.24) is 5.32 Å². The van der Waals surface area contributed by atoms with E-state index in [-0.39, 0.29) is 17.1 Å². The van der Waals surface area contributed by atoms with Crippen molar-refractivity contribution in [2.75, 3.05) is 4.72 Å². The smallest absolute Gasteiger partial charge is 0.276 e. The van der Waals surface area contributed by atoms with Gasteiger partial charge in [0.25, 0.3) is 15.7 Å². The van der Waals surface area contributed by atoms with Gasteiger partial charge in [-0.25, -0.2) is 8.42 Å².